The summed E-state index contributed by atoms with van der Waals surface area (Å²) in [5.74, 6) is 0. The SMILES string of the molecule is P.S.S.S.S.S.S.[LiH].[LiH]. The minimum absolute atomic E-state index is 0. The summed E-state index contributed by atoms with van der Waals surface area (Å²) in [6.45, 7) is 0. The van der Waals surface area contributed by atoms with Crippen LogP contribution in [-0.4, -0.2) is 37.7 Å². The molecule has 0 heterocycles. The van der Waals surface area contributed by atoms with E-state index < -0.39 is 0 Å². The molecule has 1 unspecified atom stereocenters. The second kappa shape index (κ2) is 97.2. The molecule has 0 saturated heterocycles. The minimum atomic E-state index is 0. The van der Waals surface area contributed by atoms with Crippen LogP contribution in [0.1, 0.15) is 0 Å². The summed E-state index contributed by atoms with van der Waals surface area (Å²) in [6.07, 6.45) is 0. The topological polar surface area (TPSA) is 0 Å². The molecule has 0 amide bonds. The van der Waals surface area contributed by atoms with Crippen molar-refractivity contribution in [2.45, 2.75) is 0 Å². The van der Waals surface area contributed by atoms with Crippen molar-refractivity contribution in [3.8, 4) is 0 Å². The molecule has 0 aliphatic carbocycles. The van der Waals surface area contributed by atoms with Crippen molar-refractivity contribution < 1.29 is 0 Å². The molecule has 0 saturated carbocycles. The summed E-state index contributed by atoms with van der Waals surface area (Å²) in [7, 11) is 0. The summed E-state index contributed by atoms with van der Waals surface area (Å²) in [5.41, 5.74) is 0. The Kier molecular flexibility index (Phi) is 1360. The maximum atomic E-state index is 0. The van der Waals surface area contributed by atoms with E-state index in [0.717, 1.165) is 0 Å². The second-order valence-corrected chi connectivity index (χ2v) is 0. The molecule has 0 nitrogen and oxygen atoms in total. The van der Waals surface area contributed by atoms with Crippen molar-refractivity contribution in [3.63, 3.8) is 0 Å². The first-order valence-corrected chi connectivity index (χ1v) is 0. The normalized spacial score (nSPS) is 0. The van der Waals surface area contributed by atoms with Gasteiger partial charge in [0.1, 0.15) is 0 Å². The van der Waals surface area contributed by atoms with Crippen LogP contribution in [0, 0.1) is 0 Å². The fourth-order valence-electron chi connectivity index (χ4n) is 0. The first kappa shape index (κ1) is 126. The molecule has 1 atom stereocenters. The Balaban J connectivity index is 0. The fourth-order valence-corrected chi connectivity index (χ4v) is 0. The van der Waals surface area contributed by atoms with Crippen molar-refractivity contribution in [1.82, 2.24) is 0 Å². The van der Waals surface area contributed by atoms with E-state index in [9.17, 15) is 0 Å². The van der Waals surface area contributed by atoms with Crippen molar-refractivity contribution >= 4 is 129 Å². The Morgan fingerprint density at radius 2 is 0.333 bits per heavy atom. The summed E-state index contributed by atoms with van der Waals surface area (Å²) in [6, 6.07) is 0. The molecule has 0 N–H and O–H groups in total. The van der Waals surface area contributed by atoms with Crippen LogP contribution in [0.4, 0.5) is 0 Å². The molecular formula is H17Li2PS6. The van der Waals surface area contributed by atoms with E-state index in [-0.39, 0.29) is 129 Å². The van der Waals surface area contributed by atoms with Crippen LogP contribution < -0.4 is 0 Å². The quantitative estimate of drug-likeness (QED) is 0.401. The van der Waals surface area contributed by atoms with Gasteiger partial charge in [-0.1, -0.05) is 0 Å². The van der Waals surface area contributed by atoms with Gasteiger partial charge in [0, 0.05) is 0 Å². The van der Waals surface area contributed by atoms with Gasteiger partial charge < -0.3 is 0 Å². The standard InChI is InChI=1S/2Li.H3P.6H2S.2H/h;;1H3;6*1H2;;. The molecule has 9 heteroatoms. The molecule has 0 spiro atoms. The van der Waals surface area contributed by atoms with Gasteiger partial charge in [0.15, 0.2) is 0 Å². The predicted octanol–water partition coefficient (Wildman–Crippen LogP) is -0.562. The van der Waals surface area contributed by atoms with Gasteiger partial charge in [0.2, 0.25) is 0 Å². The predicted molar refractivity (Wildman–Crippen MR) is 87.7 cm³/mol. The van der Waals surface area contributed by atoms with E-state index in [4.69, 9.17) is 0 Å². The summed E-state index contributed by atoms with van der Waals surface area (Å²) in [4.78, 5) is 0. The third kappa shape index (κ3) is 79.9. The van der Waals surface area contributed by atoms with E-state index in [1.165, 1.54) is 0 Å². The summed E-state index contributed by atoms with van der Waals surface area (Å²) in [5, 5.41) is 0. The van der Waals surface area contributed by atoms with Gasteiger partial charge in [-0.15, -0.1) is 0 Å². The molecule has 0 aliphatic heterocycles. The molecule has 0 aromatic carbocycles. The molecule has 60 valence electrons. The van der Waals surface area contributed by atoms with Crippen LogP contribution in [0.2, 0.25) is 0 Å². The average molecular weight is 254 g/mol. The molecular weight excluding hydrogens is 237 g/mol. The summed E-state index contributed by atoms with van der Waals surface area (Å²) >= 11 is 0. The Morgan fingerprint density at radius 3 is 0.333 bits per heavy atom. The molecule has 0 bridgehead atoms. The van der Waals surface area contributed by atoms with Gasteiger partial charge >= 0.3 is 37.7 Å². The molecule has 0 aliphatic rings. The zero-order valence-corrected chi connectivity index (χ0v) is 11.1. The van der Waals surface area contributed by atoms with E-state index in [2.05, 4.69) is 0 Å². The summed E-state index contributed by atoms with van der Waals surface area (Å²) < 4.78 is 0. The van der Waals surface area contributed by atoms with Gasteiger partial charge in [-0.3, -0.25) is 0 Å². The van der Waals surface area contributed by atoms with Crippen LogP contribution in [-0.2, 0) is 0 Å². The van der Waals surface area contributed by atoms with Gasteiger partial charge in [0.25, 0.3) is 0 Å². The number of hydrogen-bond acceptors (Lipinski definition) is 0. The Labute approximate surface area is 127 Å². The van der Waals surface area contributed by atoms with Gasteiger partial charge in [-0.25, -0.2) is 0 Å². The number of hydrogen-bond donors (Lipinski definition) is 0. The average Bonchev–Trinajstić information content (AvgIpc) is 0. The monoisotopic (exact) mass is 254 g/mol. The molecule has 9 heavy (non-hydrogen) atoms. The zero-order valence-electron chi connectivity index (χ0n) is 3.71. The second-order valence-electron chi connectivity index (χ2n) is 0. The third-order valence-corrected chi connectivity index (χ3v) is 0. The van der Waals surface area contributed by atoms with Crippen LogP contribution in [0.25, 0.3) is 0 Å². The van der Waals surface area contributed by atoms with Crippen molar-refractivity contribution in [2.24, 2.45) is 0 Å². The Morgan fingerprint density at radius 1 is 0.333 bits per heavy atom. The Bertz CT molecular complexity index is 11.0. The van der Waals surface area contributed by atoms with Crippen molar-refractivity contribution in [1.29, 1.82) is 0 Å². The van der Waals surface area contributed by atoms with E-state index in [1.54, 1.807) is 0 Å². The first-order chi connectivity index (χ1) is 0. The van der Waals surface area contributed by atoms with E-state index >= 15 is 0 Å². The maximum absolute atomic E-state index is 0. The van der Waals surface area contributed by atoms with E-state index in [0.29, 0.717) is 0 Å². The van der Waals surface area contributed by atoms with Crippen molar-refractivity contribution in [2.75, 3.05) is 0 Å². The molecule has 0 aromatic heterocycles. The van der Waals surface area contributed by atoms with Crippen LogP contribution in [0.15, 0.2) is 0 Å². The molecule has 0 aromatic rings. The third-order valence-electron chi connectivity index (χ3n) is 0. The van der Waals surface area contributed by atoms with Gasteiger partial charge in [-0.05, 0) is 0 Å². The van der Waals surface area contributed by atoms with Gasteiger partial charge in [-0.2, -0.15) is 90.9 Å². The van der Waals surface area contributed by atoms with Crippen LogP contribution in [0.3, 0.4) is 0 Å². The molecule has 0 rings (SSSR count). The molecule has 0 radical (unpaired) electrons. The van der Waals surface area contributed by atoms with Crippen LogP contribution >= 0.6 is 90.9 Å². The van der Waals surface area contributed by atoms with E-state index in [1.807, 2.05) is 0 Å². The molecule has 0 fully saturated rings. The Hall–Kier alpha value is 3.72. The number of rotatable bonds is 0. The van der Waals surface area contributed by atoms with Gasteiger partial charge in [0.05, 0.1) is 0 Å². The first-order valence-electron chi connectivity index (χ1n) is 0. The van der Waals surface area contributed by atoms with Crippen LogP contribution in [0.5, 0.6) is 0 Å². The zero-order chi connectivity index (χ0) is 0. The fraction of sp³-hybridized carbons (Fsp3) is 0. The van der Waals surface area contributed by atoms with Crippen molar-refractivity contribution in [3.05, 3.63) is 0 Å².